The molecule has 1 heterocycles. The normalized spacial score (nSPS) is 20.1. The molecule has 45 heavy (non-hydrogen) atoms. The molecular weight excluding hydrogens is 598 g/mol. The number of ether oxygens (including phenoxy) is 1. The largest absolute Gasteiger partial charge is 0.497 e. The maximum atomic E-state index is 14.5. The summed E-state index contributed by atoms with van der Waals surface area (Å²) >= 11 is 0. The highest BCUT2D eigenvalue weighted by atomic mass is 32.2. The van der Waals surface area contributed by atoms with Crippen LogP contribution in [0.4, 0.5) is 8.78 Å². The van der Waals surface area contributed by atoms with Crippen molar-refractivity contribution in [1.29, 1.82) is 0 Å². The molecule has 4 unspecified atom stereocenters. The van der Waals surface area contributed by atoms with Crippen molar-refractivity contribution in [2.24, 2.45) is 5.92 Å². The number of rotatable bonds is 11. The number of nitrogens with zero attached hydrogens (tertiary/aromatic N) is 1. The van der Waals surface area contributed by atoms with Crippen LogP contribution in [-0.4, -0.2) is 43.3 Å². The molecular formula is C35H34F2N2O5S. The molecule has 1 saturated heterocycles. The van der Waals surface area contributed by atoms with Gasteiger partial charge >= 0.3 is 0 Å². The number of methoxy groups -OCH3 is 1. The van der Waals surface area contributed by atoms with Gasteiger partial charge in [-0.1, -0.05) is 73.7 Å². The van der Waals surface area contributed by atoms with Crippen LogP contribution in [-0.2, 0) is 21.4 Å². The SMILES string of the molecule is CCCS(=O)(=O)N1C(C(=O)NCc2ccc(F)cc2)C(c2ccc(F)cc2)C(C(=O)c2ccccc2)C1c1ccc(OC)cc1. The van der Waals surface area contributed by atoms with E-state index in [1.54, 1.807) is 61.5 Å². The first-order valence-corrected chi connectivity index (χ1v) is 16.3. The summed E-state index contributed by atoms with van der Waals surface area (Å²) in [4.78, 5) is 28.8. The minimum atomic E-state index is -4.14. The Morgan fingerprint density at radius 3 is 1.98 bits per heavy atom. The standard InChI is InChI=1S/C35H34F2N2O5S/c1-3-21-45(42,43)39-32(25-13-19-29(44-2)20-14-25)31(34(40)26-7-5-4-6-8-26)30(24-11-17-28(37)18-12-24)33(39)35(41)38-22-23-9-15-27(36)16-10-23/h4-20,30-33H,3,21-22H2,1-2H3,(H,38,41). The molecule has 4 atom stereocenters. The highest BCUT2D eigenvalue weighted by molar-refractivity contribution is 7.89. The molecule has 234 valence electrons. The van der Waals surface area contributed by atoms with Gasteiger partial charge in [-0.3, -0.25) is 9.59 Å². The third kappa shape index (κ3) is 6.82. The van der Waals surface area contributed by atoms with Gasteiger partial charge in [0.15, 0.2) is 5.78 Å². The van der Waals surface area contributed by atoms with Gasteiger partial charge in [0, 0.05) is 18.0 Å². The number of Topliss-reactive ketones (excluding diaryl/α,β-unsaturated/α-hetero) is 1. The molecule has 10 heteroatoms. The number of nitrogens with one attached hydrogen (secondary N) is 1. The van der Waals surface area contributed by atoms with Crippen LogP contribution in [0.15, 0.2) is 103 Å². The maximum Gasteiger partial charge on any atom is 0.239 e. The molecule has 0 aliphatic carbocycles. The van der Waals surface area contributed by atoms with Crippen LogP contribution in [0.1, 0.15) is 52.4 Å². The lowest BCUT2D eigenvalue weighted by Crippen LogP contribution is -2.49. The van der Waals surface area contributed by atoms with Crippen LogP contribution in [0.5, 0.6) is 5.75 Å². The minimum absolute atomic E-state index is 0.00207. The lowest BCUT2D eigenvalue weighted by Gasteiger charge is -2.30. The van der Waals surface area contributed by atoms with E-state index in [4.69, 9.17) is 4.74 Å². The van der Waals surface area contributed by atoms with E-state index in [1.165, 1.54) is 59.9 Å². The molecule has 0 radical (unpaired) electrons. The molecule has 4 aromatic carbocycles. The average molecular weight is 633 g/mol. The lowest BCUT2D eigenvalue weighted by molar-refractivity contribution is -0.125. The monoisotopic (exact) mass is 632 g/mol. The molecule has 0 spiro atoms. The molecule has 4 aromatic rings. The van der Waals surface area contributed by atoms with E-state index in [1.807, 2.05) is 0 Å². The first-order valence-electron chi connectivity index (χ1n) is 14.7. The fourth-order valence-electron chi connectivity index (χ4n) is 6.10. The molecule has 1 N–H and O–H groups in total. The van der Waals surface area contributed by atoms with Gasteiger partial charge in [0.05, 0.1) is 24.8 Å². The Kier molecular flexibility index (Phi) is 9.74. The fraction of sp³-hybridized carbons (Fsp3) is 0.257. The molecule has 5 rings (SSSR count). The number of carbonyl (C=O) groups excluding carboxylic acids is 2. The summed E-state index contributed by atoms with van der Waals surface area (Å²) in [5, 5.41) is 2.83. The third-order valence-electron chi connectivity index (χ3n) is 8.12. The zero-order valence-corrected chi connectivity index (χ0v) is 25.7. The number of hydrogen-bond donors (Lipinski definition) is 1. The zero-order valence-electron chi connectivity index (χ0n) is 24.9. The summed E-state index contributed by atoms with van der Waals surface area (Å²) in [5.74, 6) is -3.68. The summed E-state index contributed by atoms with van der Waals surface area (Å²) in [5.41, 5.74) is 1.91. The van der Waals surface area contributed by atoms with E-state index in [0.717, 1.165) is 0 Å². The smallest absolute Gasteiger partial charge is 0.239 e. The number of hydrogen-bond acceptors (Lipinski definition) is 5. The van der Waals surface area contributed by atoms with E-state index >= 15 is 0 Å². The van der Waals surface area contributed by atoms with Crippen molar-refractivity contribution >= 4 is 21.7 Å². The topological polar surface area (TPSA) is 92.8 Å². The van der Waals surface area contributed by atoms with E-state index < -0.39 is 51.5 Å². The van der Waals surface area contributed by atoms with Crippen LogP contribution in [0, 0.1) is 17.6 Å². The van der Waals surface area contributed by atoms with Crippen molar-refractivity contribution in [1.82, 2.24) is 9.62 Å². The first kappa shape index (κ1) is 32.0. The number of sulfonamides is 1. The summed E-state index contributed by atoms with van der Waals surface area (Å²) in [6, 6.07) is 23.9. The predicted molar refractivity (Wildman–Crippen MR) is 167 cm³/mol. The molecule has 0 saturated carbocycles. The van der Waals surface area contributed by atoms with Gasteiger partial charge in [-0.2, -0.15) is 4.31 Å². The number of halogens is 2. The molecule has 1 amide bonds. The number of carbonyl (C=O) groups is 2. The van der Waals surface area contributed by atoms with Gasteiger partial charge in [0.1, 0.15) is 23.4 Å². The zero-order chi connectivity index (χ0) is 32.1. The molecule has 0 aromatic heterocycles. The van der Waals surface area contributed by atoms with Gasteiger partial charge in [0.25, 0.3) is 0 Å². The highest BCUT2D eigenvalue weighted by Gasteiger charge is 2.59. The van der Waals surface area contributed by atoms with E-state index in [9.17, 15) is 26.8 Å². The summed E-state index contributed by atoms with van der Waals surface area (Å²) in [6.07, 6.45) is 0.274. The van der Waals surface area contributed by atoms with Gasteiger partial charge < -0.3 is 10.1 Å². The fourth-order valence-corrected chi connectivity index (χ4v) is 8.00. The molecule has 7 nitrogen and oxygen atoms in total. The van der Waals surface area contributed by atoms with Crippen molar-refractivity contribution in [2.45, 2.75) is 37.9 Å². The second-order valence-corrected chi connectivity index (χ2v) is 13.0. The van der Waals surface area contributed by atoms with Crippen LogP contribution in [0.3, 0.4) is 0 Å². The summed E-state index contributed by atoms with van der Waals surface area (Å²) < 4.78 is 62.6. The quantitative estimate of drug-likeness (QED) is 0.204. The van der Waals surface area contributed by atoms with Crippen molar-refractivity contribution < 1.29 is 31.5 Å². The Hall–Kier alpha value is -4.41. The third-order valence-corrected chi connectivity index (χ3v) is 10.1. The molecule has 1 aliphatic heterocycles. The number of amides is 1. The molecule has 1 aliphatic rings. The summed E-state index contributed by atoms with van der Waals surface area (Å²) in [6.45, 7) is 1.72. The highest BCUT2D eigenvalue weighted by Crippen LogP contribution is 2.52. The van der Waals surface area contributed by atoms with Gasteiger partial charge in [0.2, 0.25) is 15.9 Å². The van der Waals surface area contributed by atoms with E-state index in [-0.39, 0.29) is 24.5 Å². The first-order chi connectivity index (χ1) is 21.6. The summed E-state index contributed by atoms with van der Waals surface area (Å²) in [7, 11) is -2.63. The molecule has 1 fully saturated rings. The van der Waals surface area contributed by atoms with Crippen molar-refractivity contribution in [3.8, 4) is 5.75 Å². The van der Waals surface area contributed by atoms with Gasteiger partial charge in [-0.15, -0.1) is 0 Å². The minimum Gasteiger partial charge on any atom is -0.497 e. The Balaban J connectivity index is 1.72. The van der Waals surface area contributed by atoms with Crippen molar-refractivity contribution in [2.75, 3.05) is 12.9 Å². The number of benzene rings is 4. The van der Waals surface area contributed by atoms with Crippen LogP contribution in [0.25, 0.3) is 0 Å². The Morgan fingerprint density at radius 2 is 1.40 bits per heavy atom. The van der Waals surface area contributed by atoms with E-state index in [2.05, 4.69) is 5.32 Å². The van der Waals surface area contributed by atoms with Crippen LogP contribution < -0.4 is 10.1 Å². The van der Waals surface area contributed by atoms with Crippen LogP contribution >= 0.6 is 0 Å². The Bertz CT molecular complexity index is 1730. The van der Waals surface area contributed by atoms with Crippen LogP contribution in [0.2, 0.25) is 0 Å². The van der Waals surface area contributed by atoms with E-state index in [0.29, 0.717) is 28.0 Å². The van der Waals surface area contributed by atoms with Crippen molar-refractivity contribution in [3.63, 3.8) is 0 Å². The van der Waals surface area contributed by atoms with Crippen molar-refractivity contribution in [3.05, 3.63) is 137 Å². The maximum absolute atomic E-state index is 14.5. The Labute approximate surface area is 261 Å². The molecule has 0 bridgehead atoms. The second kappa shape index (κ2) is 13.7. The second-order valence-electron chi connectivity index (χ2n) is 11.0. The van der Waals surface area contributed by atoms with Gasteiger partial charge in [-0.25, -0.2) is 17.2 Å². The predicted octanol–water partition coefficient (Wildman–Crippen LogP) is 6.04. The van der Waals surface area contributed by atoms with Gasteiger partial charge in [-0.05, 0) is 59.5 Å². The average Bonchev–Trinajstić information content (AvgIpc) is 3.42. The Morgan fingerprint density at radius 1 is 0.822 bits per heavy atom. The number of ketones is 1. The lowest BCUT2D eigenvalue weighted by atomic mass is 9.76.